The van der Waals surface area contributed by atoms with E-state index in [1.54, 1.807) is 6.20 Å². The minimum atomic E-state index is 0.0965. The Bertz CT molecular complexity index is 465. The van der Waals surface area contributed by atoms with E-state index in [9.17, 15) is 4.79 Å². The van der Waals surface area contributed by atoms with Crippen molar-refractivity contribution in [3.63, 3.8) is 0 Å². The van der Waals surface area contributed by atoms with E-state index in [1.165, 1.54) is 0 Å². The summed E-state index contributed by atoms with van der Waals surface area (Å²) in [4.78, 5) is 14.8. The van der Waals surface area contributed by atoms with Crippen molar-refractivity contribution in [3.8, 4) is 0 Å². The van der Waals surface area contributed by atoms with Crippen molar-refractivity contribution in [2.75, 3.05) is 24.7 Å². The zero-order chi connectivity index (χ0) is 13.9. The zero-order valence-electron chi connectivity index (χ0n) is 11.8. The maximum absolute atomic E-state index is 12.8. The largest absolute Gasteiger partial charge is 0.376 e. The Morgan fingerprint density at radius 3 is 3.10 bits per heavy atom. The molecule has 1 aromatic heterocycles. The number of carbonyl (C=O) groups excluding carboxylic acids is 1. The van der Waals surface area contributed by atoms with E-state index in [0.29, 0.717) is 18.2 Å². The van der Waals surface area contributed by atoms with E-state index in [-0.39, 0.29) is 12.0 Å². The van der Waals surface area contributed by atoms with Gasteiger partial charge in [0.25, 0.3) is 5.91 Å². The topological polar surface area (TPSA) is 58.2 Å². The molecule has 0 saturated carbocycles. The minimum absolute atomic E-state index is 0.0965. The first-order valence-corrected chi connectivity index (χ1v) is 8.41. The van der Waals surface area contributed by atoms with Gasteiger partial charge in [0, 0.05) is 30.6 Å². The molecule has 2 fully saturated rings. The molecular formula is C14H21N3O2S. The number of aryl methyl sites for hydroxylation is 1. The average Bonchev–Trinajstić information content (AvgIpc) is 3.17. The SMILES string of the molecule is Cc1[nH]ncc1C(=O)N(CC1CCCO1)C1CCSC1. The Hall–Kier alpha value is -1.01. The molecule has 2 saturated heterocycles. The smallest absolute Gasteiger partial charge is 0.257 e. The lowest BCUT2D eigenvalue weighted by Crippen LogP contribution is -2.44. The molecule has 0 aliphatic carbocycles. The lowest BCUT2D eigenvalue weighted by atomic mass is 10.1. The molecule has 3 heterocycles. The highest BCUT2D eigenvalue weighted by atomic mass is 32.2. The van der Waals surface area contributed by atoms with Crippen LogP contribution in [0.5, 0.6) is 0 Å². The van der Waals surface area contributed by atoms with Crippen molar-refractivity contribution >= 4 is 17.7 Å². The Labute approximate surface area is 123 Å². The second-order valence-corrected chi connectivity index (χ2v) is 6.67. The first-order chi connectivity index (χ1) is 9.75. The van der Waals surface area contributed by atoms with Crippen LogP contribution in [0, 0.1) is 6.92 Å². The van der Waals surface area contributed by atoms with E-state index in [2.05, 4.69) is 10.2 Å². The average molecular weight is 295 g/mol. The van der Waals surface area contributed by atoms with Gasteiger partial charge in [-0.05, 0) is 31.9 Å². The summed E-state index contributed by atoms with van der Waals surface area (Å²) in [6.45, 7) is 3.44. The fraction of sp³-hybridized carbons (Fsp3) is 0.714. The van der Waals surface area contributed by atoms with Crippen molar-refractivity contribution in [3.05, 3.63) is 17.5 Å². The highest BCUT2D eigenvalue weighted by Gasteiger charge is 2.32. The molecule has 0 aromatic carbocycles. The molecule has 3 rings (SSSR count). The number of hydrogen-bond acceptors (Lipinski definition) is 4. The maximum atomic E-state index is 12.8. The summed E-state index contributed by atoms with van der Waals surface area (Å²) in [5.41, 5.74) is 1.54. The van der Waals surface area contributed by atoms with Crippen LogP contribution in [0.3, 0.4) is 0 Å². The third-order valence-electron chi connectivity index (χ3n) is 4.09. The van der Waals surface area contributed by atoms with Crippen molar-refractivity contribution in [1.29, 1.82) is 0 Å². The zero-order valence-corrected chi connectivity index (χ0v) is 12.6. The van der Waals surface area contributed by atoms with Crippen LogP contribution in [-0.4, -0.2) is 57.8 Å². The van der Waals surface area contributed by atoms with Crippen LogP contribution in [0.4, 0.5) is 0 Å². The van der Waals surface area contributed by atoms with E-state index in [1.807, 2.05) is 23.6 Å². The molecule has 2 unspecified atom stereocenters. The van der Waals surface area contributed by atoms with Gasteiger partial charge < -0.3 is 9.64 Å². The van der Waals surface area contributed by atoms with Crippen molar-refractivity contribution in [2.45, 2.75) is 38.3 Å². The first-order valence-electron chi connectivity index (χ1n) is 7.26. The van der Waals surface area contributed by atoms with Gasteiger partial charge in [0.15, 0.2) is 0 Å². The standard InChI is InChI=1S/C14H21N3O2S/c1-10-13(7-15-16-10)14(18)17(11-4-6-20-9-11)8-12-3-2-5-19-12/h7,11-12H,2-6,8-9H2,1H3,(H,15,16). The number of rotatable bonds is 4. The van der Waals surface area contributed by atoms with Gasteiger partial charge in [0.2, 0.25) is 0 Å². The molecule has 0 spiro atoms. The van der Waals surface area contributed by atoms with Gasteiger partial charge in [-0.15, -0.1) is 0 Å². The van der Waals surface area contributed by atoms with Crippen LogP contribution < -0.4 is 0 Å². The molecule has 1 N–H and O–H groups in total. The van der Waals surface area contributed by atoms with Crippen LogP contribution in [0.2, 0.25) is 0 Å². The van der Waals surface area contributed by atoms with Crippen LogP contribution in [-0.2, 0) is 4.74 Å². The third-order valence-corrected chi connectivity index (χ3v) is 5.24. The molecule has 1 aromatic rings. The van der Waals surface area contributed by atoms with Crippen LogP contribution >= 0.6 is 11.8 Å². The number of ether oxygens (including phenoxy) is 1. The van der Waals surface area contributed by atoms with Crippen LogP contribution in [0.1, 0.15) is 35.3 Å². The Morgan fingerprint density at radius 1 is 1.60 bits per heavy atom. The first kappa shape index (κ1) is 13.9. The number of amides is 1. The predicted molar refractivity (Wildman–Crippen MR) is 79.1 cm³/mol. The number of nitrogens with zero attached hydrogens (tertiary/aromatic N) is 2. The fourth-order valence-corrected chi connectivity index (χ4v) is 4.12. The number of H-pyrrole nitrogens is 1. The normalized spacial score (nSPS) is 26.1. The van der Waals surface area contributed by atoms with E-state index >= 15 is 0 Å². The molecular weight excluding hydrogens is 274 g/mol. The predicted octanol–water partition coefficient (Wildman–Crippen LogP) is 1.84. The number of nitrogens with one attached hydrogen (secondary N) is 1. The van der Waals surface area contributed by atoms with E-state index in [4.69, 9.17) is 4.74 Å². The minimum Gasteiger partial charge on any atom is -0.376 e. The molecule has 0 bridgehead atoms. The van der Waals surface area contributed by atoms with Crippen LogP contribution in [0.25, 0.3) is 0 Å². The van der Waals surface area contributed by atoms with Gasteiger partial charge in [0.05, 0.1) is 17.9 Å². The molecule has 6 heteroatoms. The van der Waals surface area contributed by atoms with Crippen LogP contribution in [0.15, 0.2) is 6.20 Å². The number of aromatic amines is 1. The lowest BCUT2D eigenvalue weighted by molar-refractivity contribution is 0.0441. The summed E-state index contributed by atoms with van der Waals surface area (Å²) in [5.74, 6) is 2.28. The molecule has 0 radical (unpaired) electrons. The highest BCUT2D eigenvalue weighted by Crippen LogP contribution is 2.26. The third kappa shape index (κ3) is 2.86. The van der Waals surface area contributed by atoms with Crippen molar-refractivity contribution in [2.24, 2.45) is 0 Å². The summed E-state index contributed by atoms with van der Waals surface area (Å²) < 4.78 is 5.72. The number of thioether (sulfide) groups is 1. The summed E-state index contributed by atoms with van der Waals surface area (Å²) in [5, 5.41) is 6.83. The number of carbonyl (C=O) groups is 1. The molecule has 110 valence electrons. The molecule has 2 aliphatic heterocycles. The van der Waals surface area contributed by atoms with Crippen molar-refractivity contribution < 1.29 is 9.53 Å². The quantitative estimate of drug-likeness (QED) is 0.921. The monoisotopic (exact) mass is 295 g/mol. The summed E-state index contributed by atoms with van der Waals surface area (Å²) >= 11 is 1.93. The number of aromatic nitrogens is 2. The Kier molecular flexibility index (Phi) is 4.31. The Balaban J connectivity index is 1.76. The maximum Gasteiger partial charge on any atom is 0.257 e. The second-order valence-electron chi connectivity index (χ2n) is 5.52. The number of hydrogen-bond donors (Lipinski definition) is 1. The van der Waals surface area contributed by atoms with Gasteiger partial charge in [-0.2, -0.15) is 16.9 Å². The van der Waals surface area contributed by atoms with Gasteiger partial charge >= 0.3 is 0 Å². The lowest BCUT2D eigenvalue weighted by Gasteiger charge is -2.30. The molecule has 2 aliphatic rings. The molecule has 20 heavy (non-hydrogen) atoms. The molecule has 1 amide bonds. The van der Waals surface area contributed by atoms with Gasteiger partial charge in [0.1, 0.15) is 0 Å². The van der Waals surface area contributed by atoms with Gasteiger partial charge in [-0.1, -0.05) is 0 Å². The van der Waals surface area contributed by atoms with E-state index in [0.717, 1.165) is 43.1 Å². The van der Waals surface area contributed by atoms with Gasteiger partial charge in [-0.3, -0.25) is 9.89 Å². The summed E-state index contributed by atoms with van der Waals surface area (Å²) in [7, 11) is 0. The Morgan fingerprint density at radius 2 is 2.50 bits per heavy atom. The molecule has 2 atom stereocenters. The molecule has 5 nitrogen and oxygen atoms in total. The van der Waals surface area contributed by atoms with E-state index < -0.39 is 0 Å². The highest BCUT2D eigenvalue weighted by molar-refractivity contribution is 7.99. The van der Waals surface area contributed by atoms with Gasteiger partial charge in [-0.25, -0.2) is 0 Å². The second kappa shape index (κ2) is 6.18. The van der Waals surface area contributed by atoms with Crippen molar-refractivity contribution in [1.82, 2.24) is 15.1 Å². The summed E-state index contributed by atoms with van der Waals surface area (Å²) in [6, 6.07) is 0.339. The summed E-state index contributed by atoms with van der Waals surface area (Å²) in [6.07, 6.45) is 5.10. The fourth-order valence-electron chi connectivity index (χ4n) is 2.89.